The first kappa shape index (κ1) is 16.7. The summed E-state index contributed by atoms with van der Waals surface area (Å²) in [6.07, 6.45) is 0. The molecular formula is C17H20N2O4. The van der Waals surface area contributed by atoms with Crippen molar-refractivity contribution in [2.24, 2.45) is 0 Å². The number of ether oxygens (including phenoxy) is 1. The van der Waals surface area contributed by atoms with E-state index >= 15 is 0 Å². The highest BCUT2D eigenvalue weighted by Gasteiger charge is 2.22. The third kappa shape index (κ3) is 4.67. The van der Waals surface area contributed by atoms with Gasteiger partial charge in [0.1, 0.15) is 12.4 Å². The summed E-state index contributed by atoms with van der Waals surface area (Å²) in [6.45, 7) is 7.43. The Morgan fingerprint density at radius 3 is 2.61 bits per heavy atom. The van der Waals surface area contributed by atoms with Gasteiger partial charge in [0.15, 0.2) is 5.69 Å². The average molecular weight is 316 g/mol. The molecule has 122 valence electrons. The highest BCUT2D eigenvalue weighted by atomic mass is 16.5. The number of rotatable bonds is 4. The van der Waals surface area contributed by atoms with E-state index in [1.165, 1.54) is 6.92 Å². The molecule has 1 aromatic carbocycles. The lowest BCUT2D eigenvalue weighted by atomic mass is 9.93. The fourth-order valence-corrected chi connectivity index (χ4v) is 1.89. The van der Waals surface area contributed by atoms with Crippen LogP contribution in [0.15, 0.2) is 34.9 Å². The number of esters is 1. The Kier molecular flexibility index (Phi) is 4.83. The lowest BCUT2D eigenvalue weighted by Crippen LogP contribution is -2.10. The minimum absolute atomic E-state index is 0.0873. The van der Waals surface area contributed by atoms with E-state index in [0.717, 1.165) is 5.56 Å². The molecule has 0 atom stereocenters. The first-order chi connectivity index (χ1) is 10.8. The first-order valence-corrected chi connectivity index (χ1v) is 7.26. The molecule has 2 aromatic rings. The van der Waals surface area contributed by atoms with Crippen LogP contribution >= 0.6 is 0 Å². The van der Waals surface area contributed by atoms with Gasteiger partial charge in [-0.1, -0.05) is 38.1 Å². The summed E-state index contributed by atoms with van der Waals surface area (Å²) >= 11 is 0. The van der Waals surface area contributed by atoms with E-state index in [-0.39, 0.29) is 23.6 Å². The third-order valence-corrected chi connectivity index (χ3v) is 3.08. The highest BCUT2D eigenvalue weighted by Crippen LogP contribution is 2.23. The topological polar surface area (TPSA) is 81.4 Å². The second kappa shape index (κ2) is 6.64. The Labute approximate surface area is 134 Å². The van der Waals surface area contributed by atoms with E-state index in [4.69, 9.17) is 9.26 Å². The van der Waals surface area contributed by atoms with Gasteiger partial charge in [-0.05, 0) is 17.7 Å². The first-order valence-electron chi connectivity index (χ1n) is 7.26. The normalized spacial score (nSPS) is 11.1. The summed E-state index contributed by atoms with van der Waals surface area (Å²) in [7, 11) is 0. The summed E-state index contributed by atoms with van der Waals surface area (Å²) in [5.74, 6) is -0.0808. The number of aromatic nitrogens is 1. The maximum absolute atomic E-state index is 12.0. The van der Waals surface area contributed by atoms with Gasteiger partial charge in [0, 0.05) is 24.1 Å². The number of anilines is 1. The van der Waals surface area contributed by atoms with Gasteiger partial charge in [0.25, 0.3) is 0 Å². The number of carbonyl (C=O) groups is 2. The van der Waals surface area contributed by atoms with Gasteiger partial charge in [0.05, 0.1) is 0 Å². The van der Waals surface area contributed by atoms with Gasteiger partial charge in [-0.15, -0.1) is 0 Å². The van der Waals surface area contributed by atoms with Gasteiger partial charge in [0.2, 0.25) is 5.91 Å². The molecule has 0 unspecified atom stereocenters. The monoisotopic (exact) mass is 316 g/mol. The Hall–Kier alpha value is -2.63. The van der Waals surface area contributed by atoms with Crippen LogP contribution < -0.4 is 5.32 Å². The Balaban J connectivity index is 1.99. The smallest absolute Gasteiger partial charge is 0.360 e. The molecule has 0 fully saturated rings. The Morgan fingerprint density at radius 2 is 2.00 bits per heavy atom. The van der Waals surface area contributed by atoms with Gasteiger partial charge < -0.3 is 14.6 Å². The zero-order chi connectivity index (χ0) is 17.0. The lowest BCUT2D eigenvalue weighted by Gasteiger charge is -2.12. The van der Waals surface area contributed by atoms with Crippen LogP contribution in [0, 0.1) is 0 Å². The lowest BCUT2D eigenvalue weighted by molar-refractivity contribution is -0.114. The summed E-state index contributed by atoms with van der Waals surface area (Å²) in [5.41, 5.74) is 1.35. The number of carbonyl (C=O) groups excluding carboxylic acids is 2. The van der Waals surface area contributed by atoms with Crippen molar-refractivity contribution in [3.05, 3.63) is 47.3 Å². The Bertz CT molecular complexity index is 713. The van der Waals surface area contributed by atoms with Gasteiger partial charge in [-0.2, -0.15) is 0 Å². The maximum atomic E-state index is 12.0. The van der Waals surface area contributed by atoms with E-state index in [1.807, 2.05) is 26.8 Å². The second-order valence-corrected chi connectivity index (χ2v) is 6.28. The van der Waals surface area contributed by atoms with E-state index in [9.17, 15) is 9.59 Å². The molecule has 0 radical (unpaired) electrons. The molecule has 0 bridgehead atoms. The zero-order valence-electron chi connectivity index (χ0n) is 13.7. The van der Waals surface area contributed by atoms with E-state index in [1.54, 1.807) is 24.3 Å². The quantitative estimate of drug-likeness (QED) is 0.875. The van der Waals surface area contributed by atoms with Crippen molar-refractivity contribution in [1.29, 1.82) is 0 Å². The highest BCUT2D eigenvalue weighted by molar-refractivity contribution is 5.89. The van der Waals surface area contributed by atoms with Crippen molar-refractivity contribution < 1.29 is 18.8 Å². The van der Waals surface area contributed by atoms with Gasteiger partial charge in [-0.3, -0.25) is 4.79 Å². The van der Waals surface area contributed by atoms with Gasteiger partial charge >= 0.3 is 5.97 Å². The van der Waals surface area contributed by atoms with Crippen LogP contribution in [0.3, 0.4) is 0 Å². The molecule has 2 rings (SSSR count). The van der Waals surface area contributed by atoms with Crippen molar-refractivity contribution in [3.63, 3.8) is 0 Å². The minimum Gasteiger partial charge on any atom is -0.456 e. The minimum atomic E-state index is -0.547. The van der Waals surface area contributed by atoms with Crippen molar-refractivity contribution in [3.8, 4) is 0 Å². The zero-order valence-corrected chi connectivity index (χ0v) is 13.7. The molecule has 0 aliphatic heterocycles. The molecule has 1 N–H and O–H groups in total. The van der Waals surface area contributed by atoms with Crippen LogP contribution in [0.25, 0.3) is 0 Å². The van der Waals surface area contributed by atoms with E-state index in [0.29, 0.717) is 11.4 Å². The average Bonchev–Trinajstić information content (AvgIpc) is 2.94. The fourth-order valence-electron chi connectivity index (χ4n) is 1.89. The van der Waals surface area contributed by atoms with Crippen LogP contribution in [-0.2, 0) is 21.6 Å². The standard InChI is InChI=1S/C17H20N2O4/c1-11(20)18-13-7-5-6-12(8-13)10-22-16(21)14-9-15(23-19-14)17(2,3)4/h5-9H,10H2,1-4H3,(H,18,20). The second-order valence-electron chi connectivity index (χ2n) is 6.28. The van der Waals surface area contributed by atoms with Crippen molar-refractivity contribution in [2.75, 3.05) is 5.32 Å². The van der Waals surface area contributed by atoms with Crippen LogP contribution in [0.4, 0.5) is 5.69 Å². The van der Waals surface area contributed by atoms with Crippen molar-refractivity contribution >= 4 is 17.6 Å². The predicted molar refractivity (Wildman–Crippen MR) is 85.1 cm³/mol. The molecule has 6 nitrogen and oxygen atoms in total. The molecule has 1 aromatic heterocycles. The largest absolute Gasteiger partial charge is 0.456 e. The van der Waals surface area contributed by atoms with Crippen molar-refractivity contribution in [1.82, 2.24) is 5.16 Å². The number of nitrogens with zero attached hydrogens (tertiary/aromatic N) is 1. The molecule has 6 heteroatoms. The Morgan fingerprint density at radius 1 is 1.26 bits per heavy atom. The summed E-state index contributed by atoms with van der Waals surface area (Å²) < 4.78 is 10.4. The van der Waals surface area contributed by atoms with Crippen LogP contribution in [0.2, 0.25) is 0 Å². The number of hydrogen-bond donors (Lipinski definition) is 1. The molecule has 1 heterocycles. The molecule has 0 aliphatic carbocycles. The number of benzene rings is 1. The van der Waals surface area contributed by atoms with Crippen LogP contribution in [-0.4, -0.2) is 17.0 Å². The van der Waals surface area contributed by atoms with Crippen LogP contribution in [0.5, 0.6) is 0 Å². The number of nitrogens with one attached hydrogen (secondary N) is 1. The predicted octanol–water partition coefficient (Wildman–Crippen LogP) is 3.29. The number of hydrogen-bond acceptors (Lipinski definition) is 5. The SMILES string of the molecule is CC(=O)Nc1cccc(COC(=O)c2cc(C(C)(C)C)on2)c1. The van der Waals surface area contributed by atoms with Gasteiger partial charge in [-0.25, -0.2) is 4.79 Å². The summed E-state index contributed by atoms with van der Waals surface area (Å²) in [4.78, 5) is 23.1. The van der Waals surface area contributed by atoms with E-state index < -0.39 is 5.97 Å². The third-order valence-electron chi connectivity index (χ3n) is 3.08. The van der Waals surface area contributed by atoms with E-state index in [2.05, 4.69) is 10.5 Å². The molecule has 23 heavy (non-hydrogen) atoms. The molecule has 0 saturated carbocycles. The molecule has 0 spiro atoms. The summed E-state index contributed by atoms with van der Waals surface area (Å²) in [6, 6.07) is 8.69. The number of amides is 1. The van der Waals surface area contributed by atoms with Crippen LogP contribution in [0.1, 0.15) is 49.5 Å². The molecular weight excluding hydrogens is 296 g/mol. The molecule has 1 amide bonds. The summed E-state index contributed by atoms with van der Waals surface area (Å²) in [5, 5.41) is 6.42. The maximum Gasteiger partial charge on any atom is 0.360 e. The molecule has 0 saturated heterocycles. The fraction of sp³-hybridized carbons (Fsp3) is 0.353. The molecule has 0 aliphatic rings. The van der Waals surface area contributed by atoms with Crippen molar-refractivity contribution in [2.45, 2.75) is 39.7 Å².